The lowest BCUT2D eigenvalue weighted by molar-refractivity contribution is -0.151. The van der Waals surface area contributed by atoms with E-state index in [1.54, 1.807) is 31.2 Å². The molecule has 0 aromatic heterocycles. The Kier molecular flexibility index (Phi) is 5.91. The summed E-state index contributed by atoms with van der Waals surface area (Å²) in [5.41, 5.74) is 0.385. The fraction of sp³-hybridized carbons (Fsp3) is 0.364. The predicted octanol–water partition coefficient (Wildman–Crippen LogP) is 3.16. The van der Waals surface area contributed by atoms with Crippen molar-refractivity contribution in [1.82, 2.24) is 0 Å². The average molecular weight is 368 g/mol. The molecule has 27 heavy (non-hydrogen) atoms. The van der Waals surface area contributed by atoms with Gasteiger partial charge in [0.2, 0.25) is 0 Å². The van der Waals surface area contributed by atoms with Crippen LogP contribution >= 0.6 is 0 Å². The highest BCUT2D eigenvalue weighted by Crippen LogP contribution is 2.34. The second kappa shape index (κ2) is 8.35. The summed E-state index contributed by atoms with van der Waals surface area (Å²) < 4.78 is 10.6. The van der Waals surface area contributed by atoms with Crippen molar-refractivity contribution in [2.45, 2.75) is 37.9 Å². The number of esters is 2. The first-order valence-corrected chi connectivity index (χ1v) is 9.15. The van der Waals surface area contributed by atoms with Gasteiger partial charge < -0.3 is 14.6 Å². The Morgan fingerprint density at radius 2 is 1.78 bits per heavy atom. The number of rotatable bonds is 7. The van der Waals surface area contributed by atoms with E-state index in [0.717, 1.165) is 5.56 Å². The molecule has 0 spiro atoms. The molecule has 5 nitrogen and oxygen atoms in total. The molecule has 2 aromatic carbocycles. The average Bonchev–Trinajstić information content (AvgIpc) is 3.08. The summed E-state index contributed by atoms with van der Waals surface area (Å²) in [5, 5.41) is 10.8. The molecule has 1 aliphatic rings. The summed E-state index contributed by atoms with van der Waals surface area (Å²) in [6, 6.07) is 18.5. The third kappa shape index (κ3) is 4.95. The minimum Gasteiger partial charge on any atom is -0.458 e. The molecule has 1 fully saturated rings. The minimum absolute atomic E-state index is 0.00919. The van der Waals surface area contributed by atoms with Crippen molar-refractivity contribution < 1.29 is 24.2 Å². The van der Waals surface area contributed by atoms with Gasteiger partial charge in [-0.15, -0.1) is 0 Å². The molecular weight excluding hydrogens is 344 g/mol. The third-order valence-corrected chi connectivity index (χ3v) is 4.99. The fourth-order valence-corrected chi connectivity index (χ4v) is 3.31. The topological polar surface area (TPSA) is 72.8 Å². The monoisotopic (exact) mass is 368 g/mol. The van der Waals surface area contributed by atoms with E-state index in [2.05, 4.69) is 0 Å². The number of ether oxygens (including phenoxy) is 2. The van der Waals surface area contributed by atoms with E-state index < -0.39 is 29.6 Å². The van der Waals surface area contributed by atoms with Crippen molar-refractivity contribution in [1.29, 1.82) is 0 Å². The number of hydrogen-bond acceptors (Lipinski definition) is 5. The van der Waals surface area contributed by atoms with Crippen molar-refractivity contribution in [3.8, 4) is 0 Å². The Bertz CT molecular complexity index is 770. The third-order valence-electron chi connectivity index (χ3n) is 4.99. The Balaban J connectivity index is 1.52. The fourth-order valence-electron chi connectivity index (χ4n) is 3.31. The van der Waals surface area contributed by atoms with Crippen molar-refractivity contribution in [2.75, 3.05) is 6.61 Å². The highest BCUT2D eigenvalue weighted by molar-refractivity contribution is 5.89. The van der Waals surface area contributed by atoms with Gasteiger partial charge in [0.1, 0.15) is 12.7 Å². The van der Waals surface area contributed by atoms with E-state index in [9.17, 15) is 14.7 Å². The quantitative estimate of drug-likeness (QED) is 0.760. The predicted molar refractivity (Wildman–Crippen MR) is 100 cm³/mol. The molecule has 1 aliphatic heterocycles. The van der Waals surface area contributed by atoms with Gasteiger partial charge in [0, 0.05) is 6.42 Å². The van der Waals surface area contributed by atoms with Crippen LogP contribution in [0.1, 0.15) is 35.7 Å². The van der Waals surface area contributed by atoms with Crippen LogP contribution < -0.4 is 0 Å². The lowest BCUT2D eigenvalue weighted by Gasteiger charge is -2.27. The second-order valence-corrected chi connectivity index (χ2v) is 7.15. The lowest BCUT2D eigenvalue weighted by atomic mass is 9.82. The van der Waals surface area contributed by atoms with Crippen molar-refractivity contribution in [2.24, 2.45) is 5.92 Å². The number of benzene rings is 2. The number of carbonyl (C=O) groups excluding carboxylic acids is 2. The molecule has 0 bridgehead atoms. The molecule has 3 rings (SSSR count). The van der Waals surface area contributed by atoms with Crippen LogP contribution in [0, 0.1) is 5.92 Å². The van der Waals surface area contributed by atoms with E-state index in [1.807, 2.05) is 36.4 Å². The SMILES string of the molecule is CC(O)(CCc1ccccc1)C1CC(COC(=O)c2ccccc2)OC1=O. The summed E-state index contributed by atoms with van der Waals surface area (Å²) in [6.45, 7) is 1.66. The van der Waals surface area contributed by atoms with E-state index >= 15 is 0 Å². The first-order chi connectivity index (χ1) is 13.0. The molecule has 5 heteroatoms. The summed E-state index contributed by atoms with van der Waals surface area (Å²) >= 11 is 0. The lowest BCUT2D eigenvalue weighted by Crippen LogP contribution is -2.38. The zero-order valence-corrected chi connectivity index (χ0v) is 15.3. The Morgan fingerprint density at radius 1 is 1.15 bits per heavy atom. The molecule has 2 aromatic rings. The first kappa shape index (κ1) is 19.1. The Hall–Kier alpha value is -2.66. The van der Waals surface area contributed by atoms with Crippen LogP contribution in [0.15, 0.2) is 60.7 Å². The molecule has 1 N–H and O–H groups in total. The van der Waals surface area contributed by atoms with Gasteiger partial charge in [0.15, 0.2) is 0 Å². The molecule has 0 radical (unpaired) electrons. The van der Waals surface area contributed by atoms with E-state index in [1.165, 1.54) is 0 Å². The van der Waals surface area contributed by atoms with Crippen LogP contribution in [0.3, 0.4) is 0 Å². The van der Waals surface area contributed by atoms with E-state index in [4.69, 9.17) is 9.47 Å². The summed E-state index contributed by atoms with van der Waals surface area (Å²) in [5.74, 6) is -1.51. The zero-order valence-electron chi connectivity index (χ0n) is 15.3. The van der Waals surface area contributed by atoms with Crippen LogP contribution in [-0.4, -0.2) is 35.4 Å². The molecule has 3 atom stereocenters. The Morgan fingerprint density at radius 3 is 2.44 bits per heavy atom. The molecular formula is C22H24O5. The normalized spacial score (nSPS) is 21.3. The van der Waals surface area contributed by atoms with Crippen LogP contribution in [0.5, 0.6) is 0 Å². The summed E-state index contributed by atoms with van der Waals surface area (Å²) in [4.78, 5) is 24.2. The number of aliphatic hydroxyl groups is 1. The van der Waals surface area contributed by atoms with Crippen LogP contribution in [-0.2, 0) is 20.7 Å². The molecule has 3 unspecified atom stereocenters. The van der Waals surface area contributed by atoms with Gasteiger partial charge >= 0.3 is 11.9 Å². The van der Waals surface area contributed by atoms with Gasteiger partial charge in [-0.2, -0.15) is 0 Å². The molecule has 0 saturated carbocycles. The van der Waals surface area contributed by atoms with Gasteiger partial charge in [-0.1, -0.05) is 48.5 Å². The van der Waals surface area contributed by atoms with Crippen molar-refractivity contribution in [3.63, 3.8) is 0 Å². The largest absolute Gasteiger partial charge is 0.458 e. The maximum absolute atomic E-state index is 12.2. The zero-order chi connectivity index (χ0) is 19.3. The highest BCUT2D eigenvalue weighted by Gasteiger charge is 2.45. The van der Waals surface area contributed by atoms with Crippen LogP contribution in [0.25, 0.3) is 0 Å². The van der Waals surface area contributed by atoms with Crippen molar-refractivity contribution >= 4 is 11.9 Å². The van der Waals surface area contributed by atoms with Gasteiger partial charge in [-0.05, 0) is 37.5 Å². The number of aryl methyl sites for hydroxylation is 1. The van der Waals surface area contributed by atoms with Gasteiger partial charge in [-0.25, -0.2) is 4.79 Å². The van der Waals surface area contributed by atoms with Gasteiger partial charge in [-0.3, -0.25) is 4.79 Å². The van der Waals surface area contributed by atoms with Gasteiger partial charge in [0.05, 0.1) is 17.1 Å². The smallest absolute Gasteiger partial charge is 0.338 e. The molecule has 1 heterocycles. The van der Waals surface area contributed by atoms with Crippen LogP contribution in [0.4, 0.5) is 0 Å². The molecule has 142 valence electrons. The highest BCUT2D eigenvalue weighted by atomic mass is 16.6. The standard InChI is InChI=1S/C22H24O5/c1-22(25,13-12-16-8-4-2-5-9-16)19-14-18(27-21(19)24)15-26-20(23)17-10-6-3-7-11-17/h2-11,18-19,25H,12-15H2,1H3. The minimum atomic E-state index is -1.18. The Labute approximate surface area is 158 Å². The van der Waals surface area contributed by atoms with Crippen molar-refractivity contribution in [3.05, 3.63) is 71.8 Å². The molecule has 0 amide bonds. The maximum Gasteiger partial charge on any atom is 0.338 e. The number of carbonyl (C=O) groups is 2. The maximum atomic E-state index is 12.2. The van der Waals surface area contributed by atoms with Gasteiger partial charge in [0.25, 0.3) is 0 Å². The molecule has 0 aliphatic carbocycles. The first-order valence-electron chi connectivity index (χ1n) is 9.15. The summed E-state index contributed by atoms with van der Waals surface area (Å²) in [7, 11) is 0. The number of hydrogen-bond donors (Lipinski definition) is 1. The van der Waals surface area contributed by atoms with Crippen LogP contribution in [0.2, 0.25) is 0 Å². The number of cyclic esters (lactones) is 1. The van der Waals surface area contributed by atoms with E-state index in [0.29, 0.717) is 24.8 Å². The molecule has 1 saturated heterocycles. The second-order valence-electron chi connectivity index (χ2n) is 7.15. The summed E-state index contributed by atoms with van der Waals surface area (Å²) in [6.07, 6.45) is 0.930. The van der Waals surface area contributed by atoms with E-state index in [-0.39, 0.29) is 6.61 Å².